The first-order chi connectivity index (χ1) is 12.9. The van der Waals surface area contributed by atoms with E-state index in [1.54, 1.807) is 0 Å². The van der Waals surface area contributed by atoms with Gasteiger partial charge in [0.2, 0.25) is 0 Å². The van der Waals surface area contributed by atoms with Gasteiger partial charge in [0.15, 0.2) is 8.32 Å². The lowest BCUT2D eigenvalue weighted by Crippen LogP contribution is -2.44. The van der Waals surface area contributed by atoms with Crippen LogP contribution in [0.1, 0.15) is 92.4 Å². The molecule has 2 aliphatic rings. The van der Waals surface area contributed by atoms with E-state index in [1.807, 2.05) is 0 Å². The molecule has 162 valence electrons. The molecule has 4 heteroatoms. The number of Topliss-reactive ketones (excluding diaryl/α,β-unsaturated/α-hetero) is 2. The molecule has 3 nitrogen and oxygen atoms in total. The minimum atomic E-state index is -1.83. The molecule has 2 fully saturated rings. The van der Waals surface area contributed by atoms with Gasteiger partial charge in [-0.15, -0.1) is 0 Å². The summed E-state index contributed by atoms with van der Waals surface area (Å²) in [7, 11) is -1.83. The summed E-state index contributed by atoms with van der Waals surface area (Å²) in [4.78, 5) is 24.1. The van der Waals surface area contributed by atoms with E-state index >= 15 is 0 Å². The summed E-state index contributed by atoms with van der Waals surface area (Å²) in [6.45, 7) is 16.0. The molecule has 0 aromatic carbocycles. The molecule has 0 N–H and O–H groups in total. The van der Waals surface area contributed by atoms with Crippen molar-refractivity contribution in [3.05, 3.63) is 0 Å². The lowest BCUT2D eigenvalue weighted by molar-refractivity contribution is -0.123. The standard InChI is InChI=1S/C24H44O3Si/c1-17(2)22-13-12-20(25)14-18(22)10-8-9-11-19-15-21(26)16-23(19)27-28(6,7)24(3,4)5/h17-19,22-23H,8-16H2,1-7H3/t18-,19-,22-,23+/m0/s1. The molecule has 2 aliphatic carbocycles. The van der Waals surface area contributed by atoms with Crippen LogP contribution in [0, 0.1) is 23.7 Å². The van der Waals surface area contributed by atoms with E-state index in [0.29, 0.717) is 48.1 Å². The molecule has 0 aromatic rings. The molecule has 0 radical (unpaired) electrons. The molecule has 0 spiro atoms. The van der Waals surface area contributed by atoms with Crippen molar-refractivity contribution in [2.75, 3.05) is 0 Å². The summed E-state index contributed by atoms with van der Waals surface area (Å²) in [5, 5.41) is 0.183. The van der Waals surface area contributed by atoms with E-state index in [2.05, 4.69) is 47.7 Å². The lowest BCUT2D eigenvalue weighted by Gasteiger charge is -2.39. The maximum atomic E-state index is 12.1. The number of unbranched alkanes of at least 4 members (excludes halogenated alkanes) is 1. The SMILES string of the molecule is CC(C)[C@@H]1CCC(=O)C[C@@H]1CCCC[C@H]1CC(=O)C[C@H]1O[Si](C)(C)C(C)(C)C. The average Bonchev–Trinajstić information content (AvgIpc) is 2.89. The molecule has 0 saturated heterocycles. The molecule has 2 saturated carbocycles. The van der Waals surface area contributed by atoms with Gasteiger partial charge in [0.25, 0.3) is 0 Å². The zero-order valence-electron chi connectivity index (χ0n) is 19.5. The van der Waals surface area contributed by atoms with Crippen LogP contribution >= 0.6 is 0 Å². The Bertz CT molecular complexity index is 547. The summed E-state index contributed by atoms with van der Waals surface area (Å²) >= 11 is 0. The van der Waals surface area contributed by atoms with Gasteiger partial charge in [-0.1, -0.05) is 47.5 Å². The third-order valence-corrected chi connectivity index (χ3v) is 12.3. The van der Waals surface area contributed by atoms with Crippen molar-refractivity contribution < 1.29 is 14.0 Å². The van der Waals surface area contributed by atoms with Crippen LogP contribution in [0.3, 0.4) is 0 Å². The van der Waals surface area contributed by atoms with E-state index in [-0.39, 0.29) is 11.1 Å². The second-order valence-electron chi connectivity index (χ2n) is 11.4. The van der Waals surface area contributed by atoms with E-state index in [1.165, 1.54) is 12.8 Å². The van der Waals surface area contributed by atoms with Crippen LogP contribution in [0.25, 0.3) is 0 Å². The fourth-order valence-corrected chi connectivity index (χ4v) is 6.38. The first-order valence-electron chi connectivity index (χ1n) is 11.6. The number of carbonyl (C=O) groups is 2. The van der Waals surface area contributed by atoms with Crippen molar-refractivity contribution in [1.82, 2.24) is 0 Å². The van der Waals surface area contributed by atoms with Gasteiger partial charge in [0.05, 0.1) is 6.10 Å². The highest BCUT2D eigenvalue weighted by Crippen LogP contribution is 2.42. The molecule has 0 unspecified atom stereocenters. The summed E-state index contributed by atoms with van der Waals surface area (Å²) < 4.78 is 6.63. The molecular formula is C24H44O3Si. The summed E-state index contributed by atoms with van der Waals surface area (Å²) in [6.07, 6.45) is 8.72. The third kappa shape index (κ3) is 6.26. The van der Waals surface area contributed by atoms with Crippen molar-refractivity contribution in [3.63, 3.8) is 0 Å². The van der Waals surface area contributed by atoms with Gasteiger partial charge in [-0.25, -0.2) is 0 Å². The molecule has 4 atom stereocenters. The van der Waals surface area contributed by atoms with Crippen LogP contribution in [0.5, 0.6) is 0 Å². The molecule has 0 amide bonds. The maximum absolute atomic E-state index is 12.1. The van der Waals surface area contributed by atoms with Crippen LogP contribution in [0.4, 0.5) is 0 Å². The maximum Gasteiger partial charge on any atom is 0.192 e. The molecule has 0 aliphatic heterocycles. The molecule has 2 rings (SSSR count). The highest BCUT2D eigenvalue weighted by atomic mass is 28.4. The second kappa shape index (κ2) is 9.55. The molecular weight excluding hydrogens is 364 g/mol. The van der Waals surface area contributed by atoms with Crippen molar-refractivity contribution in [2.24, 2.45) is 23.7 Å². The Morgan fingerprint density at radius 1 is 0.964 bits per heavy atom. The fraction of sp³-hybridized carbons (Fsp3) is 0.917. The summed E-state index contributed by atoms with van der Waals surface area (Å²) in [6, 6.07) is 0. The summed E-state index contributed by atoms with van der Waals surface area (Å²) in [5.74, 6) is 3.20. The Morgan fingerprint density at radius 3 is 2.11 bits per heavy atom. The number of ketones is 2. The molecule has 0 bridgehead atoms. The largest absolute Gasteiger partial charge is 0.413 e. The third-order valence-electron chi connectivity index (χ3n) is 7.80. The normalized spacial score (nSPS) is 29.7. The fourth-order valence-electron chi connectivity index (χ4n) is 5.00. The number of rotatable bonds is 8. The first kappa shape index (κ1) is 23.8. The van der Waals surface area contributed by atoms with E-state index in [0.717, 1.165) is 32.1 Å². The van der Waals surface area contributed by atoms with Gasteiger partial charge in [-0.2, -0.15) is 0 Å². The molecule has 0 aromatic heterocycles. The van der Waals surface area contributed by atoms with E-state index in [4.69, 9.17) is 4.43 Å². The second-order valence-corrected chi connectivity index (χ2v) is 16.1. The first-order valence-corrected chi connectivity index (χ1v) is 14.5. The lowest BCUT2D eigenvalue weighted by atomic mass is 9.71. The Labute approximate surface area is 174 Å². The van der Waals surface area contributed by atoms with Gasteiger partial charge in [0, 0.05) is 25.7 Å². The number of hydrogen-bond donors (Lipinski definition) is 0. The van der Waals surface area contributed by atoms with Crippen LogP contribution < -0.4 is 0 Å². The monoisotopic (exact) mass is 408 g/mol. The van der Waals surface area contributed by atoms with Crippen molar-refractivity contribution >= 4 is 19.9 Å². The van der Waals surface area contributed by atoms with Gasteiger partial charge in [0.1, 0.15) is 11.6 Å². The van der Waals surface area contributed by atoms with Crippen molar-refractivity contribution in [2.45, 2.75) is 117 Å². The Morgan fingerprint density at radius 2 is 1.54 bits per heavy atom. The Balaban J connectivity index is 1.83. The van der Waals surface area contributed by atoms with E-state index in [9.17, 15) is 9.59 Å². The van der Waals surface area contributed by atoms with Gasteiger partial charge >= 0.3 is 0 Å². The van der Waals surface area contributed by atoms with Crippen LogP contribution in [-0.4, -0.2) is 26.0 Å². The molecule has 0 heterocycles. The zero-order chi connectivity index (χ0) is 21.1. The number of carbonyl (C=O) groups excluding carboxylic acids is 2. The molecule has 28 heavy (non-hydrogen) atoms. The van der Waals surface area contributed by atoms with E-state index < -0.39 is 8.32 Å². The van der Waals surface area contributed by atoms with Crippen LogP contribution in [-0.2, 0) is 14.0 Å². The topological polar surface area (TPSA) is 43.4 Å². The minimum absolute atomic E-state index is 0.132. The smallest absolute Gasteiger partial charge is 0.192 e. The van der Waals surface area contributed by atoms with Crippen LogP contribution in [0.15, 0.2) is 0 Å². The highest BCUT2D eigenvalue weighted by molar-refractivity contribution is 6.74. The average molecular weight is 409 g/mol. The van der Waals surface area contributed by atoms with Gasteiger partial charge in [-0.05, 0) is 61.1 Å². The predicted octanol–water partition coefficient (Wildman–Crippen LogP) is 6.56. The highest BCUT2D eigenvalue weighted by Gasteiger charge is 2.43. The zero-order valence-corrected chi connectivity index (χ0v) is 20.5. The number of hydrogen-bond acceptors (Lipinski definition) is 3. The minimum Gasteiger partial charge on any atom is -0.413 e. The van der Waals surface area contributed by atoms with Crippen molar-refractivity contribution in [3.8, 4) is 0 Å². The van der Waals surface area contributed by atoms with Gasteiger partial charge in [-0.3, -0.25) is 9.59 Å². The van der Waals surface area contributed by atoms with Gasteiger partial charge < -0.3 is 4.43 Å². The quantitative estimate of drug-likeness (QED) is 0.337. The predicted molar refractivity (Wildman–Crippen MR) is 119 cm³/mol. The Kier molecular flexibility index (Phi) is 8.12. The Hall–Kier alpha value is -0.483. The van der Waals surface area contributed by atoms with Crippen LogP contribution in [0.2, 0.25) is 18.1 Å². The van der Waals surface area contributed by atoms with Crippen molar-refractivity contribution in [1.29, 1.82) is 0 Å². The summed E-state index contributed by atoms with van der Waals surface area (Å²) in [5.41, 5.74) is 0.